The first-order valence-corrected chi connectivity index (χ1v) is 18.4. The normalized spacial score (nSPS) is 13.6. The number of para-hydroxylation sites is 1. The number of hydrogen-bond acceptors (Lipinski definition) is 6. The second-order valence-electron chi connectivity index (χ2n) is 13.3. The molecule has 0 radical (unpaired) electrons. The molecule has 0 aliphatic rings. The number of ether oxygens (including phenoxy) is 4. The van der Waals surface area contributed by atoms with Gasteiger partial charge in [0.2, 0.25) is 0 Å². The average Bonchev–Trinajstić information content (AvgIpc) is 3.24. The van der Waals surface area contributed by atoms with Crippen LogP contribution in [0.1, 0.15) is 33.9 Å². The second kappa shape index (κ2) is 19.0. The molecule has 0 unspecified atom stereocenters. The van der Waals surface area contributed by atoms with Gasteiger partial charge < -0.3 is 24.1 Å². The molecule has 4 atom stereocenters. The Morgan fingerprint density at radius 3 is 1.46 bits per heavy atom. The topological polar surface area (TPSA) is 70.0 Å². The summed E-state index contributed by atoms with van der Waals surface area (Å²) in [6, 6.07) is 60.4. The van der Waals surface area contributed by atoms with Crippen LogP contribution in [0.3, 0.4) is 0 Å². The first kappa shape index (κ1) is 36.9. The maximum absolute atomic E-state index is 12.2. The van der Waals surface area contributed by atoms with Gasteiger partial charge in [-0.2, -0.15) is 0 Å². The fraction of sp³-hybridized carbons (Fsp3) is 0.188. The molecule has 0 saturated heterocycles. The molecule has 0 amide bonds. The van der Waals surface area contributed by atoms with E-state index >= 15 is 0 Å². The lowest BCUT2D eigenvalue weighted by molar-refractivity contribution is -0.189. The van der Waals surface area contributed by atoms with Gasteiger partial charge in [0, 0.05) is 10.9 Å². The second-order valence-corrected chi connectivity index (χ2v) is 13.3. The van der Waals surface area contributed by atoms with Gasteiger partial charge in [-0.1, -0.05) is 170 Å². The molecular weight excluding hydrogens is 671 g/mol. The fourth-order valence-corrected chi connectivity index (χ4v) is 6.60. The highest BCUT2D eigenvalue weighted by atomic mass is 16.6. The third kappa shape index (κ3) is 9.94. The summed E-state index contributed by atoms with van der Waals surface area (Å²) in [7, 11) is 0. The number of benzene rings is 6. The molecule has 0 saturated carbocycles. The first-order chi connectivity index (χ1) is 26.7. The van der Waals surface area contributed by atoms with Gasteiger partial charge in [0.05, 0.1) is 44.2 Å². The number of rotatable bonds is 18. The Kier molecular flexibility index (Phi) is 13.0. The molecule has 0 fully saturated rings. The molecule has 6 nitrogen and oxygen atoms in total. The molecule has 1 N–H and O–H groups in total. The number of aromatic nitrogens is 1. The number of aliphatic hydroxyl groups is 1. The zero-order chi connectivity index (χ0) is 36.8. The Labute approximate surface area is 317 Å². The molecule has 272 valence electrons. The number of hydrogen-bond donors (Lipinski definition) is 1. The molecule has 1 aromatic heterocycles. The van der Waals surface area contributed by atoms with E-state index < -0.39 is 24.4 Å². The van der Waals surface area contributed by atoms with Gasteiger partial charge in [-0.25, -0.2) is 4.98 Å². The highest BCUT2D eigenvalue weighted by Gasteiger charge is 2.39. The van der Waals surface area contributed by atoms with Crippen molar-refractivity contribution in [1.29, 1.82) is 0 Å². The lowest BCUT2D eigenvalue weighted by Crippen LogP contribution is -2.47. The highest BCUT2D eigenvalue weighted by Crippen LogP contribution is 2.37. The summed E-state index contributed by atoms with van der Waals surface area (Å²) in [5, 5.41) is 13.1. The van der Waals surface area contributed by atoms with Crippen molar-refractivity contribution in [3.8, 4) is 11.3 Å². The largest absolute Gasteiger partial charge is 0.388 e. The Hall–Kier alpha value is -5.47. The Bertz CT molecular complexity index is 2130. The highest BCUT2D eigenvalue weighted by molar-refractivity contribution is 5.85. The molecule has 7 rings (SSSR count). The van der Waals surface area contributed by atoms with E-state index in [4.69, 9.17) is 23.9 Å². The number of nitrogens with zero attached hydrogens (tertiary/aromatic N) is 1. The molecule has 6 heteroatoms. The van der Waals surface area contributed by atoms with Gasteiger partial charge in [-0.05, 0) is 39.9 Å². The molecule has 0 spiro atoms. The van der Waals surface area contributed by atoms with E-state index in [1.807, 2.05) is 158 Å². The molecule has 1 heterocycles. The Morgan fingerprint density at radius 2 is 0.907 bits per heavy atom. The minimum absolute atomic E-state index is 0.0251. The van der Waals surface area contributed by atoms with Crippen LogP contribution in [0, 0.1) is 0 Å². The third-order valence-corrected chi connectivity index (χ3v) is 9.37. The molecule has 0 aliphatic heterocycles. The minimum Gasteiger partial charge on any atom is -0.388 e. The van der Waals surface area contributed by atoms with Crippen LogP contribution in [-0.4, -0.2) is 35.0 Å². The standard InChI is InChI=1S/C48H45NO5/c50-45(35-51-31-36-18-6-1-7-19-36)47(53-33-38-22-10-3-11-23-38)48(54-34-39-24-12-4-13-25-39)46(52-32-37-20-8-2-9-21-37)42-30-44(40-26-14-5-15-27-40)49-43-29-17-16-28-41(42)43/h1-30,45-48,50H,31-35H2/t45-,46-,47+,48-/m1/s1. The van der Waals surface area contributed by atoms with Gasteiger partial charge in [-0.15, -0.1) is 0 Å². The van der Waals surface area contributed by atoms with E-state index in [0.29, 0.717) is 13.2 Å². The van der Waals surface area contributed by atoms with Gasteiger partial charge in [0.15, 0.2) is 0 Å². The maximum atomic E-state index is 12.2. The average molecular weight is 716 g/mol. The summed E-state index contributed by atoms with van der Waals surface area (Å²) >= 11 is 0. The van der Waals surface area contributed by atoms with Crippen molar-refractivity contribution in [3.05, 3.63) is 210 Å². The Balaban J connectivity index is 1.33. The van der Waals surface area contributed by atoms with Crippen LogP contribution < -0.4 is 0 Å². The minimum atomic E-state index is -1.07. The van der Waals surface area contributed by atoms with Crippen molar-refractivity contribution in [3.63, 3.8) is 0 Å². The quantitative estimate of drug-likeness (QED) is 0.0954. The van der Waals surface area contributed by atoms with Crippen molar-refractivity contribution >= 4 is 10.9 Å². The SMILES string of the molecule is O[C@H](COCc1ccccc1)[C@H](OCc1ccccc1)[C@H](OCc1ccccc1)[C@H](OCc1ccccc1)c1cc(-c2ccccc2)nc2ccccc12. The van der Waals surface area contributed by atoms with Crippen LogP contribution in [0.2, 0.25) is 0 Å². The zero-order valence-electron chi connectivity index (χ0n) is 30.2. The summed E-state index contributed by atoms with van der Waals surface area (Å²) in [5.74, 6) is 0. The van der Waals surface area contributed by atoms with Crippen molar-refractivity contribution in [2.75, 3.05) is 6.61 Å². The number of fused-ring (bicyclic) bond motifs is 1. The van der Waals surface area contributed by atoms with Gasteiger partial charge in [-0.3, -0.25) is 0 Å². The molecule has 0 aliphatic carbocycles. The number of aliphatic hydroxyl groups excluding tert-OH is 1. The molecule has 0 bridgehead atoms. The van der Waals surface area contributed by atoms with Gasteiger partial charge in [0.25, 0.3) is 0 Å². The molecule has 54 heavy (non-hydrogen) atoms. The molecular formula is C48H45NO5. The van der Waals surface area contributed by atoms with Gasteiger partial charge in [0.1, 0.15) is 24.4 Å². The van der Waals surface area contributed by atoms with Gasteiger partial charge >= 0.3 is 0 Å². The van der Waals surface area contributed by atoms with E-state index in [9.17, 15) is 5.11 Å². The van der Waals surface area contributed by atoms with Crippen LogP contribution in [0.25, 0.3) is 22.2 Å². The summed E-state index contributed by atoms with van der Waals surface area (Å²) < 4.78 is 26.9. The monoisotopic (exact) mass is 715 g/mol. The van der Waals surface area contributed by atoms with Crippen molar-refractivity contribution in [1.82, 2.24) is 4.98 Å². The Morgan fingerprint density at radius 1 is 0.463 bits per heavy atom. The predicted molar refractivity (Wildman–Crippen MR) is 213 cm³/mol. The zero-order valence-corrected chi connectivity index (χ0v) is 30.2. The summed E-state index contributed by atoms with van der Waals surface area (Å²) in [6.45, 7) is 1.21. The van der Waals surface area contributed by atoms with Crippen LogP contribution in [0.4, 0.5) is 0 Å². The van der Waals surface area contributed by atoms with Crippen LogP contribution in [-0.2, 0) is 45.4 Å². The first-order valence-electron chi connectivity index (χ1n) is 18.4. The van der Waals surface area contributed by atoms with Crippen LogP contribution >= 0.6 is 0 Å². The smallest absolute Gasteiger partial charge is 0.117 e. The maximum Gasteiger partial charge on any atom is 0.117 e. The predicted octanol–water partition coefficient (Wildman–Crippen LogP) is 9.91. The fourth-order valence-electron chi connectivity index (χ4n) is 6.60. The van der Waals surface area contributed by atoms with E-state index in [1.165, 1.54) is 0 Å². The molecule has 6 aromatic carbocycles. The summed E-state index contributed by atoms with van der Waals surface area (Å²) in [6.07, 6.45) is -3.42. The van der Waals surface area contributed by atoms with E-state index in [0.717, 1.165) is 50.0 Å². The number of pyridine rings is 1. The van der Waals surface area contributed by atoms with E-state index in [-0.39, 0.29) is 19.8 Å². The summed E-state index contributed by atoms with van der Waals surface area (Å²) in [5.41, 5.74) is 7.52. The van der Waals surface area contributed by atoms with E-state index in [1.54, 1.807) is 0 Å². The molecule has 7 aromatic rings. The lowest BCUT2D eigenvalue weighted by Gasteiger charge is -2.37. The van der Waals surface area contributed by atoms with Crippen LogP contribution in [0.5, 0.6) is 0 Å². The van der Waals surface area contributed by atoms with Crippen molar-refractivity contribution in [2.24, 2.45) is 0 Å². The van der Waals surface area contributed by atoms with Crippen molar-refractivity contribution in [2.45, 2.75) is 50.8 Å². The van der Waals surface area contributed by atoms with Crippen molar-refractivity contribution < 1.29 is 24.1 Å². The van der Waals surface area contributed by atoms with Crippen LogP contribution in [0.15, 0.2) is 182 Å². The lowest BCUT2D eigenvalue weighted by atomic mass is 9.92. The summed E-state index contributed by atoms with van der Waals surface area (Å²) in [4.78, 5) is 5.09. The van der Waals surface area contributed by atoms with E-state index in [2.05, 4.69) is 24.3 Å². The third-order valence-electron chi connectivity index (χ3n) is 9.37.